The van der Waals surface area contributed by atoms with Gasteiger partial charge in [0.15, 0.2) is 5.69 Å². The van der Waals surface area contributed by atoms with E-state index in [4.69, 9.17) is 28.9 Å². The lowest BCUT2D eigenvalue weighted by Crippen LogP contribution is -2.18. The van der Waals surface area contributed by atoms with Crippen molar-refractivity contribution < 1.29 is 14.7 Å². The number of nitrogens with two attached hydrogens (primary N) is 1. The molecule has 11 heteroatoms. The zero-order valence-corrected chi connectivity index (χ0v) is 13.2. The van der Waals surface area contributed by atoms with Gasteiger partial charge >= 0.3 is 5.97 Å². The third kappa shape index (κ3) is 2.82. The summed E-state index contributed by atoms with van der Waals surface area (Å²) in [5, 5.41) is 23.0. The molecule has 0 radical (unpaired) electrons. The molecule has 9 nitrogen and oxygen atoms in total. The largest absolute Gasteiger partial charge is 0.478 e. The van der Waals surface area contributed by atoms with E-state index in [-0.39, 0.29) is 32.7 Å². The van der Waals surface area contributed by atoms with Gasteiger partial charge in [-0.05, 0) is 23.4 Å². The molecule has 4 N–H and O–H groups in total. The Balaban J connectivity index is 1.99. The van der Waals surface area contributed by atoms with E-state index in [2.05, 4.69) is 20.7 Å². The first kappa shape index (κ1) is 16.0. The molecule has 1 amide bonds. The number of rotatable bonds is 3. The van der Waals surface area contributed by atoms with Gasteiger partial charge in [0.2, 0.25) is 0 Å². The Bertz CT molecular complexity index is 987. The number of benzene rings is 1. The van der Waals surface area contributed by atoms with Crippen LogP contribution in [0.1, 0.15) is 20.8 Å². The van der Waals surface area contributed by atoms with Crippen LogP contribution in [0.3, 0.4) is 0 Å². The second-order valence-corrected chi connectivity index (χ2v) is 5.48. The van der Waals surface area contributed by atoms with Crippen LogP contribution in [-0.4, -0.2) is 37.0 Å². The number of anilines is 2. The van der Waals surface area contributed by atoms with E-state index in [9.17, 15) is 14.7 Å². The second kappa shape index (κ2) is 5.95. The highest BCUT2D eigenvalue weighted by atomic mass is 35.5. The van der Waals surface area contributed by atoms with E-state index in [1.807, 2.05) is 0 Å². The van der Waals surface area contributed by atoms with Crippen molar-refractivity contribution in [3.05, 3.63) is 45.7 Å². The van der Waals surface area contributed by atoms with Crippen molar-refractivity contribution >= 4 is 52.0 Å². The fraction of sp³-hybridized carbons (Fsp3) is 0. The molecule has 1 aromatic carbocycles. The smallest absolute Gasteiger partial charge is 0.337 e. The molecule has 0 fully saturated rings. The van der Waals surface area contributed by atoms with Gasteiger partial charge in [0.25, 0.3) is 5.91 Å². The van der Waals surface area contributed by atoms with Gasteiger partial charge in [-0.2, -0.15) is 0 Å². The molecule has 0 aliphatic carbocycles. The van der Waals surface area contributed by atoms with Crippen LogP contribution in [-0.2, 0) is 0 Å². The number of amides is 1. The Morgan fingerprint density at radius 2 is 1.92 bits per heavy atom. The number of hydrogen-bond acceptors (Lipinski definition) is 6. The molecule has 0 saturated carbocycles. The number of aromatic carboxylic acids is 1. The lowest BCUT2D eigenvalue weighted by atomic mass is 10.1. The summed E-state index contributed by atoms with van der Waals surface area (Å²) in [6.07, 6.45) is 1.39. The summed E-state index contributed by atoms with van der Waals surface area (Å²) in [5.74, 6) is -1.97. The first-order valence-electron chi connectivity index (χ1n) is 6.37. The lowest BCUT2D eigenvalue weighted by Gasteiger charge is -2.10. The van der Waals surface area contributed by atoms with Crippen LogP contribution in [0.15, 0.2) is 24.4 Å². The first-order valence-corrected chi connectivity index (χ1v) is 7.13. The molecule has 24 heavy (non-hydrogen) atoms. The van der Waals surface area contributed by atoms with Crippen molar-refractivity contribution in [2.75, 3.05) is 11.1 Å². The van der Waals surface area contributed by atoms with Gasteiger partial charge in [-0.25, -0.2) is 4.79 Å². The number of carboxylic acid groups (broad SMARTS) is 1. The zero-order valence-electron chi connectivity index (χ0n) is 11.7. The molecule has 0 aliphatic rings. The fourth-order valence-electron chi connectivity index (χ4n) is 1.97. The van der Waals surface area contributed by atoms with Gasteiger partial charge in [0.1, 0.15) is 5.52 Å². The van der Waals surface area contributed by atoms with Crippen LogP contribution in [0.5, 0.6) is 0 Å². The SMILES string of the molecule is Nc1cc(C(=O)Nc2cc(Cl)c(Cl)cc2C(=O)O)nn2nncc12. The monoisotopic (exact) mass is 366 g/mol. The molecule has 0 aliphatic heterocycles. The molecule has 0 bridgehead atoms. The number of hydrogen-bond donors (Lipinski definition) is 3. The second-order valence-electron chi connectivity index (χ2n) is 4.66. The maximum atomic E-state index is 12.3. The normalized spacial score (nSPS) is 10.8. The first-order chi connectivity index (χ1) is 11.4. The Morgan fingerprint density at radius 3 is 2.62 bits per heavy atom. The zero-order chi connectivity index (χ0) is 17.4. The molecule has 0 atom stereocenters. The van der Waals surface area contributed by atoms with Crippen molar-refractivity contribution in [2.24, 2.45) is 0 Å². The summed E-state index contributed by atoms with van der Waals surface area (Å²) in [5.41, 5.74) is 6.16. The molecule has 2 aromatic heterocycles. The van der Waals surface area contributed by atoms with E-state index in [0.717, 1.165) is 10.7 Å². The minimum Gasteiger partial charge on any atom is -0.478 e. The van der Waals surface area contributed by atoms with Crippen LogP contribution < -0.4 is 11.1 Å². The third-order valence-corrected chi connectivity index (χ3v) is 3.82. The number of carboxylic acids is 1. The van der Waals surface area contributed by atoms with Crippen molar-refractivity contribution in [3.63, 3.8) is 0 Å². The standard InChI is InChI=1S/C13H8Cl2N6O3/c14-6-1-5(13(23)24)9(2-7(6)15)18-12(22)10-3-8(16)11-4-17-20-21(11)19-10/h1-4H,16H2,(H,18,22)(H,23,24). The topological polar surface area (TPSA) is 136 Å². The quantitative estimate of drug-likeness (QED) is 0.644. The Labute approximate surface area is 144 Å². The number of nitrogens with zero attached hydrogens (tertiary/aromatic N) is 4. The summed E-state index contributed by atoms with van der Waals surface area (Å²) in [4.78, 5) is 23.6. The predicted molar refractivity (Wildman–Crippen MR) is 86.6 cm³/mol. The summed E-state index contributed by atoms with van der Waals surface area (Å²) in [6.45, 7) is 0. The summed E-state index contributed by atoms with van der Waals surface area (Å²) >= 11 is 11.7. The number of carbonyl (C=O) groups excluding carboxylic acids is 1. The van der Waals surface area contributed by atoms with Crippen molar-refractivity contribution in [2.45, 2.75) is 0 Å². The number of nitrogens with one attached hydrogen (secondary N) is 1. The van der Waals surface area contributed by atoms with Gasteiger partial charge < -0.3 is 16.2 Å². The maximum absolute atomic E-state index is 12.3. The number of halogens is 2. The highest BCUT2D eigenvalue weighted by molar-refractivity contribution is 6.42. The third-order valence-electron chi connectivity index (χ3n) is 3.09. The van der Waals surface area contributed by atoms with Crippen LogP contribution in [0, 0.1) is 0 Å². The van der Waals surface area contributed by atoms with Gasteiger partial charge in [-0.1, -0.05) is 23.2 Å². The fourth-order valence-corrected chi connectivity index (χ4v) is 2.30. The molecule has 0 unspecified atom stereocenters. The van der Waals surface area contributed by atoms with Gasteiger partial charge in [-0.15, -0.1) is 14.8 Å². The summed E-state index contributed by atoms with van der Waals surface area (Å²) in [6, 6.07) is 3.71. The molecular weight excluding hydrogens is 359 g/mol. The highest BCUT2D eigenvalue weighted by Gasteiger charge is 2.18. The van der Waals surface area contributed by atoms with E-state index in [1.54, 1.807) is 0 Å². The number of aromatic nitrogens is 4. The van der Waals surface area contributed by atoms with Crippen LogP contribution in [0.4, 0.5) is 11.4 Å². The van der Waals surface area contributed by atoms with E-state index < -0.39 is 11.9 Å². The molecular formula is C13H8Cl2N6O3. The van der Waals surface area contributed by atoms with Crippen molar-refractivity contribution in [1.29, 1.82) is 0 Å². The average Bonchev–Trinajstić information content (AvgIpc) is 2.99. The van der Waals surface area contributed by atoms with Gasteiger partial charge in [-0.3, -0.25) is 4.79 Å². The molecule has 3 aromatic rings. The van der Waals surface area contributed by atoms with Crippen LogP contribution in [0.2, 0.25) is 10.0 Å². The van der Waals surface area contributed by atoms with E-state index in [0.29, 0.717) is 5.52 Å². The highest BCUT2D eigenvalue weighted by Crippen LogP contribution is 2.29. The number of fused-ring (bicyclic) bond motifs is 1. The Kier molecular flexibility index (Phi) is 3.96. The predicted octanol–water partition coefficient (Wildman–Crippen LogP) is 1.96. The Morgan fingerprint density at radius 1 is 1.21 bits per heavy atom. The lowest BCUT2D eigenvalue weighted by molar-refractivity contribution is 0.0698. The van der Waals surface area contributed by atoms with Crippen molar-refractivity contribution in [1.82, 2.24) is 20.0 Å². The minimum atomic E-state index is -1.27. The van der Waals surface area contributed by atoms with Gasteiger partial charge in [0.05, 0.1) is 33.2 Å². The van der Waals surface area contributed by atoms with E-state index in [1.165, 1.54) is 18.3 Å². The summed E-state index contributed by atoms with van der Waals surface area (Å²) < 4.78 is 1.09. The Hall–Kier alpha value is -2.91. The van der Waals surface area contributed by atoms with Crippen LogP contribution in [0.25, 0.3) is 5.52 Å². The summed E-state index contributed by atoms with van der Waals surface area (Å²) in [7, 11) is 0. The minimum absolute atomic E-state index is 0.0269. The van der Waals surface area contributed by atoms with E-state index >= 15 is 0 Å². The van der Waals surface area contributed by atoms with Crippen LogP contribution >= 0.6 is 23.2 Å². The molecule has 3 rings (SSSR count). The number of carbonyl (C=O) groups is 2. The average molecular weight is 367 g/mol. The van der Waals surface area contributed by atoms with Gasteiger partial charge in [0, 0.05) is 0 Å². The molecule has 0 spiro atoms. The number of nitrogen functional groups attached to an aromatic ring is 1. The molecule has 2 heterocycles. The molecule has 122 valence electrons. The maximum Gasteiger partial charge on any atom is 0.337 e. The molecule has 0 saturated heterocycles. The van der Waals surface area contributed by atoms with Crippen molar-refractivity contribution in [3.8, 4) is 0 Å².